The summed E-state index contributed by atoms with van der Waals surface area (Å²) in [4.78, 5) is 2.05. The molecule has 0 heterocycles. The molecule has 0 aromatic carbocycles. The molecular weight excluding hydrogens is 536 g/mol. The lowest BCUT2D eigenvalue weighted by molar-refractivity contribution is 0.344. The predicted molar refractivity (Wildman–Crippen MR) is 154 cm³/mol. The Morgan fingerprint density at radius 1 is 0.889 bits per heavy atom. The van der Waals surface area contributed by atoms with Gasteiger partial charge in [-0.15, -0.1) is 46.4 Å². The van der Waals surface area contributed by atoms with E-state index < -0.39 is 0 Å². The van der Waals surface area contributed by atoms with Crippen LogP contribution in [0.4, 0.5) is 0 Å². The number of alkyl halides is 4. The van der Waals surface area contributed by atoms with Gasteiger partial charge in [-0.05, 0) is 55.8 Å². The van der Waals surface area contributed by atoms with Crippen molar-refractivity contribution < 1.29 is 0 Å². The van der Waals surface area contributed by atoms with Crippen LogP contribution in [-0.4, -0.2) is 49.1 Å². The Morgan fingerprint density at radius 3 is 1.72 bits per heavy atom. The summed E-state index contributed by atoms with van der Waals surface area (Å²) in [7, 11) is 3.97. The highest BCUT2D eigenvalue weighted by Gasteiger charge is 2.24. The van der Waals surface area contributed by atoms with E-state index in [2.05, 4.69) is 24.8 Å². The number of nitriles is 4. The zero-order chi connectivity index (χ0) is 28.2. The van der Waals surface area contributed by atoms with Gasteiger partial charge in [-0.1, -0.05) is 32.4 Å². The minimum absolute atomic E-state index is 0.321. The SMILES string of the molecule is C=C(CCl)CC#N.CCC=C(CCl)CC#N.CN(C)CC(CCl)CC#N.N#CCC(CCl)CC1CC1. The first-order valence-electron chi connectivity index (χ1n) is 11.9. The van der Waals surface area contributed by atoms with Crippen LogP contribution in [0.15, 0.2) is 23.8 Å². The topological polar surface area (TPSA) is 98.4 Å². The highest BCUT2D eigenvalue weighted by atomic mass is 35.5. The monoisotopic (exact) mass is 575 g/mol. The molecule has 1 saturated carbocycles. The Balaban J connectivity index is -0.000000407. The van der Waals surface area contributed by atoms with E-state index in [1.807, 2.05) is 38.1 Å². The van der Waals surface area contributed by atoms with Crippen molar-refractivity contribution in [2.75, 3.05) is 44.2 Å². The van der Waals surface area contributed by atoms with Gasteiger partial charge < -0.3 is 4.90 Å². The first-order chi connectivity index (χ1) is 17.2. The first kappa shape index (κ1) is 39.1. The van der Waals surface area contributed by atoms with E-state index >= 15 is 0 Å². The maximum Gasteiger partial charge on any atom is 0.0666 e. The van der Waals surface area contributed by atoms with Crippen LogP contribution in [0.25, 0.3) is 0 Å². The largest absolute Gasteiger partial charge is 0.309 e. The predicted octanol–water partition coefficient (Wildman–Crippen LogP) is 8.04. The molecule has 1 fully saturated rings. The fraction of sp³-hybridized carbons (Fsp3) is 0.704. The zero-order valence-corrected chi connectivity index (χ0v) is 25.0. The standard InChI is InChI=1S/C8H12ClN.C7H13ClN2.C7H10ClN.C5H6ClN/c9-6-8(3-4-10)5-7-1-2-7;1-10(2)6-7(5-8)3-4-9;1-2-3-7(6-8)4-5-9;1-5(4-6)2-3-7/h7-8H,1-3,5-6H2;7H,3,5-6H2,1-2H3;3H,2,4,6H2,1H3;1-2,4H2. The third-order valence-corrected chi connectivity index (χ3v) is 6.27. The molecule has 202 valence electrons. The molecule has 36 heavy (non-hydrogen) atoms. The van der Waals surface area contributed by atoms with Crippen LogP contribution in [0, 0.1) is 63.1 Å². The van der Waals surface area contributed by atoms with Crippen molar-refractivity contribution in [2.24, 2.45) is 17.8 Å². The molecule has 0 N–H and O–H groups in total. The lowest BCUT2D eigenvalue weighted by atomic mass is 10.0. The molecule has 0 saturated heterocycles. The average molecular weight is 577 g/mol. The van der Waals surface area contributed by atoms with Crippen molar-refractivity contribution in [1.82, 2.24) is 4.90 Å². The van der Waals surface area contributed by atoms with E-state index in [0.717, 1.165) is 30.0 Å². The van der Waals surface area contributed by atoms with Gasteiger partial charge in [0.1, 0.15) is 0 Å². The molecular formula is C27H41Cl4N5. The summed E-state index contributed by atoms with van der Waals surface area (Å²) in [6.07, 6.45) is 8.90. The van der Waals surface area contributed by atoms with E-state index in [1.165, 1.54) is 19.3 Å². The number of halogens is 4. The van der Waals surface area contributed by atoms with Gasteiger partial charge in [0, 0.05) is 42.9 Å². The van der Waals surface area contributed by atoms with E-state index in [4.69, 9.17) is 67.5 Å². The Kier molecular flexibility index (Phi) is 32.3. The van der Waals surface area contributed by atoms with Gasteiger partial charge in [-0.25, -0.2) is 0 Å². The summed E-state index contributed by atoms with van der Waals surface area (Å²) >= 11 is 22.1. The van der Waals surface area contributed by atoms with Gasteiger partial charge in [-0.3, -0.25) is 0 Å². The molecule has 0 bridgehead atoms. The maximum absolute atomic E-state index is 8.39. The second-order valence-electron chi connectivity index (χ2n) is 8.66. The minimum atomic E-state index is 0.321. The van der Waals surface area contributed by atoms with Crippen LogP contribution in [0.3, 0.4) is 0 Å². The fourth-order valence-corrected chi connectivity index (χ4v) is 3.43. The quantitative estimate of drug-likeness (QED) is 0.163. The van der Waals surface area contributed by atoms with Gasteiger partial charge >= 0.3 is 0 Å². The lowest BCUT2D eigenvalue weighted by Crippen LogP contribution is -2.22. The van der Waals surface area contributed by atoms with Crippen LogP contribution in [0.1, 0.15) is 58.3 Å². The van der Waals surface area contributed by atoms with E-state index in [9.17, 15) is 0 Å². The Bertz CT molecular complexity index is 713. The van der Waals surface area contributed by atoms with Crippen molar-refractivity contribution in [2.45, 2.75) is 58.3 Å². The van der Waals surface area contributed by atoms with E-state index in [1.54, 1.807) is 0 Å². The smallest absolute Gasteiger partial charge is 0.0666 e. The molecule has 9 heteroatoms. The molecule has 2 unspecified atom stereocenters. The Labute approximate surface area is 239 Å². The average Bonchev–Trinajstić information content (AvgIpc) is 3.68. The molecule has 2 atom stereocenters. The normalized spacial score (nSPS) is 13.4. The van der Waals surface area contributed by atoms with E-state index in [0.29, 0.717) is 61.0 Å². The first-order valence-corrected chi connectivity index (χ1v) is 14.1. The van der Waals surface area contributed by atoms with Gasteiger partial charge in [0.05, 0.1) is 37.1 Å². The second-order valence-corrected chi connectivity index (χ2v) is 9.82. The Hall–Kier alpha value is -1.44. The molecule has 0 radical (unpaired) electrons. The van der Waals surface area contributed by atoms with Gasteiger partial charge in [-0.2, -0.15) is 21.0 Å². The number of hydrogen-bond acceptors (Lipinski definition) is 5. The summed E-state index contributed by atoms with van der Waals surface area (Å²) < 4.78 is 0. The number of hydrogen-bond donors (Lipinski definition) is 0. The summed E-state index contributed by atoms with van der Waals surface area (Å²) in [5, 5.41) is 33.0. The maximum atomic E-state index is 8.39. The molecule has 0 amide bonds. The molecule has 1 aliphatic rings. The third-order valence-electron chi connectivity index (χ3n) is 4.67. The number of rotatable bonds is 13. The highest BCUT2D eigenvalue weighted by Crippen LogP contribution is 2.36. The van der Waals surface area contributed by atoms with Crippen LogP contribution in [-0.2, 0) is 0 Å². The molecule has 0 aromatic heterocycles. The number of nitrogens with zero attached hydrogens (tertiary/aromatic N) is 5. The Morgan fingerprint density at radius 2 is 1.42 bits per heavy atom. The molecule has 5 nitrogen and oxygen atoms in total. The molecule has 0 aromatic rings. The van der Waals surface area contributed by atoms with E-state index in [-0.39, 0.29) is 0 Å². The third kappa shape index (κ3) is 30.6. The molecule has 1 rings (SSSR count). The second kappa shape index (κ2) is 29.8. The van der Waals surface area contributed by atoms with Crippen LogP contribution >= 0.6 is 46.4 Å². The summed E-state index contributed by atoms with van der Waals surface area (Å²) in [5.74, 6) is 3.79. The zero-order valence-electron chi connectivity index (χ0n) is 22.0. The lowest BCUT2D eigenvalue weighted by Gasteiger charge is -2.15. The minimum Gasteiger partial charge on any atom is -0.309 e. The van der Waals surface area contributed by atoms with Crippen LogP contribution in [0.5, 0.6) is 0 Å². The fourth-order valence-electron chi connectivity index (χ4n) is 2.69. The van der Waals surface area contributed by atoms with Gasteiger partial charge in [0.15, 0.2) is 0 Å². The van der Waals surface area contributed by atoms with Crippen molar-refractivity contribution in [3.8, 4) is 24.3 Å². The van der Waals surface area contributed by atoms with Gasteiger partial charge in [0.2, 0.25) is 0 Å². The van der Waals surface area contributed by atoms with Crippen molar-refractivity contribution >= 4 is 46.4 Å². The summed E-state index contributed by atoms with van der Waals surface area (Å²) in [6.45, 7) is 6.44. The molecule has 1 aliphatic carbocycles. The van der Waals surface area contributed by atoms with Crippen molar-refractivity contribution in [1.29, 1.82) is 21.0 Å². The molecule has 0 spiro atoms. The summed E-state index contributed by atoms with van der Waals surface area (Å²) in [5.41, 5.74) is 1.81. The van der Waals surface area contributed by atoms with Gasteiger partial charge in [0.25, 0.3) is 0 Å². The van der Waals surface area contributed by atoms with Crippen molar-refractivity contribution in [3.05, 3.63) is 23.8 Å². The summed E-state index contributed by atoms with van der Waals surface area (Å²) in [6, 6.07) is 8.27. The molecule has 0 aliphatic heterocycles. The number of allylic oxidation sites excluding steroid dienone is 3. The van der Waals surface area contributed by atoms with Crippen molar-refractivity contribution in [3.63, 3.8) is 0 Å². The van der Waals surface area contributed by atoms with Crippen LogP contribution in [0.2, 0.25) is 0 Å². The van der Waals surface area contributed by atoms with Crippen LogP contribution < -0.4 is 0 Å². The highest BCUT2D eigenvalue weighted by molar-refractivity contribution is 6.19.